The highest BCUT2D eigenvalue weighted by molar-refractivity contribution is 8.76. The van der Waals surface area contributed by atoms with Gasteiger partial charge < -0.3 is 9.80 Å². The Bertz CT molecular complexity index is 2260. The first-order chi connectivity index (χ1) is 23.6. The lowest BCUT2D eigenvalue weighted by Gasteiger charge is -2.27. The minimum absolute atomic E-state index is 0.986. The molecule has 4 aliphatic rings. The SMILES string of the molecule is CC[n+]1c(C2=C(c3ccc(SSc4ccc(C5=C(c6sc7ccccc7[n+]6CC)N5C)c5c4CC5)c4c3CC4)N2C)sc2ccccc21. The van der Waals surface area contributed by atoms with E-state index in [2.05, 4.69) is 120 Å². The monoisotopic (exact) mass is 700 g/mol. The van der Waals surface area contributed by atoms with Gasteiger partial charge in [0.25, 0.3) is 10.0 Å². The van der Waals surface area contributed by atoms with Crippen LogP contribution in [0.1, 0.15) is 57.2 Å². The van der Waals surface area contributed by atoms with Crippen molar-refractivity contribution in [3.05, 3.63) is 116 Å². The molecule has 0 saturated heterocycles. The van der Waals surface area contributed by atoms with Gasteiger partial charge >= 0.3 is 0 Å². The molecule has 48 heavy (non-hydrogen) atoms. The van der Waals surface area contributed by atoms with Crippen molar-refractivity contribution in [1.82, 2.24) is 9.80 Å². The number of fused-ring (bicyclic) bond motifs is 4. The largest absolute Gasteiger partial charge is 0.334 e. The fourth-order valence-corrected chi connectivity index (χ4v) is 13.1. The van der Waals surface area contributed by atoms with Gasteiger partial charge in [-0.25, -0.2) is 0 Å². The Morgan fingerprint density at radius 1 is 0.542 bits per heavy atom. The lowest BCUT2D eigenvalue weighted by atomic mass is 9.84. The first-order valence-electron chi connectivity index (χ1n) is 17.0. The van der Waals surface area contributed by atoms with E-state index < -0.39 is 0 Å². The minimum Gasteiger partial charge on any atom is -0.334 e. The highest BCUT2D eigenvalue weighted by Crippen LogP contribution is 2.54. The smallest absolute Gasteiger partial charge is 0.289 e. The molecule has 8 heteroatoms. The summed E-state index contributed by atoms with van der Waals surface area (Å²) in [7, 11) is 8.41. The number of para-hydroxylation sites is 2. The average Bonchev–Trinajstić information content (AvgIpc) is 3.80. The molecule has 0 unspecified atom stereocenters. The van der Waals surface area contributed by atoms with Gasteiger partial charge in [0, 0.05) is 47.1 Å². The zero-order valence-electron chi connectivity index (χ0n) is 27.6. The quantitative estimate of drug-likeness (QED) is 0.110. The molecule has 4 nitrogen and oxygen atoms in total. The molecule has 0 spiro atoms. The maximum absolute atomic E-state index is 2.48. The molecule has 2 aliphatic carbocycles. The lowest BCUT2D eigenvalue weighted by molar-refractivity contribution is -0.665. The molecular weight excluding hydrogens is 665 g/mol. The van der Waals surface area contributed by atoms with E-state index >= 15 is 0 Å². The third-order valence-electron chi connectivity index (χ3n) is 10.7. The topological polar surface area (TPSA) is 13.8 Å². The van der Waals surface area contributed by atoms with Gasteiger partial charge in [-0.05, 0) is 86.1 Å². The molecule has 0 N–H and O–H groups in total. The lowest BCUT2D eigenvalue weighted by Crippen LogP contribution is -2.34. The first kappa shape index (κ1) is 29.4. The summed E-state index contributed by atoms with van der Waals surface area (Å²) in [5.41, 5.74) is 17.5. The van der Waals surface area contributed by atoms with Crippen LogP contribution >= 0.6 is 44.3 Å². The van der Waals surface area contributed by atoms with E-state index in [1.807, 2.05) is 44.3 Å². The minimum atomic E-state index is 0.986. The van der Waals surface area contributed by atoms with E-state index in [1.165, 1.54) is 99.8 Å². The Morgan fingerprint density at radius 3 is 1.35 bits per heavy atom. The molecule has 4 heterocycles. The second kappa shape index (κ2) is 11.0. The van der Waals surface area contributed by atoms with E-state index in [0.717, 1.165) is 13.1 Å². The summed E-state index contributed by atoms with van der Waals surface area (Å²) in [5.74, 6) is 0. The van der Waals surface area contributed by atoms with Crippen LogP contribution in [0.4, 0.5) is 0 Å². The predicted molar refractivity (Wildman–Crippen MR) is 204 cm³/mol. The summed E-state index contributed by atoms with van der Waals surface area (Å²) in [4.78, 5) is 7.71. The molecule has 10 rings (SSSR count). The third-order valence-corrected chi connectivity index (χ3v) is 15.6. The van der Waals surface area contributed by atoms with Crippen LogP contribution in [0.15, 0.2) is 82.6 Å². The summed E-state index contributed by atoms with van der Waals surface area (Å²) in [6, 6.07) is 27.2. The van der Waals surface area contributed by atoms with Crippen LogP contribution in [-0.2, 0) is 38.8 Å². The van der Waals surface area contributed by atoms with Gasteiger partial charge in [0.1, 0.15) is 33.9 Å². The van der Waals surface area contributed by atoms with Crippen LogP contribution in [0.3, 0.4) is 0 Å². The van der Waals surface area contributed by atoms with Crippen molar-refractivity contribution in [3.8, 4) is 0 Å². The summed E-state index contributed by atoms with van der Waals surface area (Å²) in [6.45, 7) is 6.49. The zero-order valence-corrected chi connectivity index (χ0v) is 30.9. The van der Waals surface area contributed by atoms with E-state index in [-0.39, 0.29) is 0 Å². The molecule has 6 aromatic rings. The van der Waals surface area contributed by atoms with Crippen molar-refractivity contribution in [2.24, 2.45) is 0 Å². The van der Waals surface area contributed by atoms with Gasteiger partial charge in [-0.3, -0.25) is 0 Å². The van der Waals surface area contributed by atoms with Crippen LogP contribution in [0, 0.1) is 0 Å². The van der Waals surface area contributed by atoms with Gasteiger partial charge in [0.05, 0.1) is 11.4 Å². The molecule has 4 aromatic carbocycles. The third kappa shape index (κ3) is 4.22. The van der Waals surface area contributed by atoms with E-state index in [4.69, 9.17) is 0 Å². The van der Waals surface area contributed by atoms with Crippen molar-refractivity contribution in [3.63, 3.8) is 0 Å². The van der Waals surface area contributed by atoms with Crippen LogP contribution in [0.25, 0.3) is 43.2 Å². The maximum Gasteiger partial charge on any atom is 0.289 e. The number of hydrogen-bond donors (Lipinski definition) is 0. The van der Waals surface area contributed by atoms with Crippen molar-refractivity contribution in [2.75, 3.05) is 14.1 Å². The Kier molecular flexibility index (Phi) is 6.71. The summed E-state index contributed by atoms with van der Waals surface area (Å²) in [6.07, 6.45) is 4.74. The number of nitrogens with zero attached hydrogens (tertiary/aromatic N) is 4. The molecule has 2 aromatic heterocycles. The fourth-order valence-electron chi connectivity index (χ4n) is 7.95. The standard InChI is InChI=1S/C40H36N4S4/c1-5-43-29-11-7-9-13-33(29)45-39(43)37-35(41(37)3)27-19-21-31(25-17-15-23(25)27)47-48-32-22-20-28(24-16-18-26(24)32)36-38(42(36)4)40-44(6-2)30-12-8-10-14-34(30)46-40/h7-14,19-22H,5-6,15-18H2,1-4H3/q+2. The number of aromatic nitrogens is 2. The molecule has 0 atom stereocenters. The molecule has 238 valence electrons. The van der Waals surface area contributed by atoms with E-state index in [1.54, 1.807) is 22.3 Å². The van der Waals surface area contributed by atoms with Crippen molar-refractivity contribution >= 4 is 87.5 Å². The van der Waals surface area contributed by atoms with Gasteiger partial charge in [-0.1, -0.05) is 80.7 Å². The highest BCUT2D eigenvalue weighted by Gasteiger charge is 2.44. The molecule has 0 fully saturated rings. The molecule has 0 amide bonds. The number of thiazole rings is 2. The second-order valence-corrected chi connectivity index (χ2v) is 17.3. The predicted octanol–water partition coefficient (Wildman–Crippen LogP) is 9.27. The molecule has 2 aliphatic heterocycles. The van der Waals surface area contributed by atoms with Gasteiger partial charge in [-0.15, -0.1) is 0 Å². The van der Waals surface area contributed by atoms with Gasteiger partial charge in [0.2, 0.25) is 11.0 Å². The zero-order chi connectivity index (χ0) is 32.3. The number of rotatable bonds is 9. The maximum atomic E-state index is 2.48. The van der Waals surface area contributed by atoms with Gasteiger partial charge in [0.15, 0.2) is 0 Å². The Hall–Kier alpha value is -3.56. The van der Waals surface area contributed by atoms with Crippen LogP contribution < -0.4 is 9.13 Å². The van der Waals surface area contributed by atoms with Crippen molar-refractivity contribution in [1.29, 1.82) is 0 Å². The number of benzene rings is 4. The normalized spacial score (nSPS) is 16.1. The molecule has 0 saturated carbocycles. The summed E-state index contributed by atoms with van der Waals surface area (Å²) >= 11 is 3.85. The van der Waals surface area contributed by atoms with Crippen molar-refractivity contribution in [2.45, 2.75) is 62.4 Å². The van der Waals surface area contributed by atoms with Crippen LogP contribution in [0.2, 0.25) is 0 Å². The van der Waals surface area contributed by atoms with Crippen LogP contribution in [0.5, 0.6) is 0 Å². The highest BCUT2D eigenvalue weighted by atomic mass is 33.1. The Morgan fingerprint density at radius 2 is 0.958 bits per heavy atom. The molecule has 0 bridgehead atoms. The first-order valence-corrected chi connectivity index (χ1v) is 20.8. The van der Waals surface area contributed by atoms with Gasteiger partial charge in [-0.2, -0.15) is 9.13 Å². The summed E-state index contributed by atoms with van der Waals surface area (Å²) < 4.78 is 7.70. The number of hydrogen-bond acceptors (Lipinski definition) is 6. The Labute approximate surface area is 297 Å². The van der Waals surface area contributed by atoms with Crippen molar-refractivity contribution < 1.29 is 9.13 Å². The van der Waals surface area contributed by atoms with Crippen LogP contribution in [-0.4, -0.2) is 23.9 Å². The van der Waals surface area contributed by atoms with E-state index in [9.17, 15) is 0 Å². The summed E-state index contributed by atoms with van der Waals surface area (Å²) in [5, 5.41) is 2.77. The fraction of sp³-hybridized carbons (Fsp3) is 0.250. The second-order valence-electron chi connectivity index (χ2n) is 13.1. The molecule has 0 radical (unpaired) electrons. The Balaban J connectivity index is 0.919. The average molecular weight is 701 g/mol. The van der Waals surface area contributed by atoms with E-state index in [0.29, 0.717) is 0 Å². The number of aryl methyl sites for hydroxylation is 2. The molecular formula is C40H36N4S4+2.